The van der Waals surface area contributed by atoms with E-state index in [-0.39, 0.29) is 61.2 Å². The minimum absolute atomic E-state index is 0. The Kier molecular flexibility index (Phi) is 14.6. The standard InChI is InChI=1S/C30H56BN5O7S.CH4/c1-7-8-9-10-11-12-16-44(40,41)20-22(14-13-15-33-28(32)35-36(38)39)27(37)34-26(17-21(2)3)31-42-25-19-23-18-24(29(23,4)5)30(25,6)43-31;/h21-26H,7-20H2,1-6H3,(H,34,37)(H3,32,33,35);1H4/t22-,23+,24+,25-,26+,30+;/m1./s1. The lowest BCUT2D eigenvalue weighted by Crippen LogP contribution is -2.65. The smallest absolute Gasteiger partial charge is 0.404 e. The monoisotopic (exact) mass is 657 g/mol. The lowest BCUT2D eigenvalue weighted by atomic mass is 9.43. The minimum Gasteiger partial charge on any atom is -0.404 e. The summed E-state index contributed by atoms with van der Waals surface area (Å²) >= 11 is 0. The van der Waals surface area contributed by atoms with E-state index in [1.807, 2.05) is 0 Å². The normalized spacial score (nSPS) is 26.8. The van der Waals surface area contributed by atoms with Gasteiger partial charge in [-0.1, -0.05) is 79.6 Å². The van der Waals surface area contributed by atoms with E-state index in [1.165, 1.54) is 0 Å². The van der Waals surface area contributed by atoms with E-state index in [9.17, 15) is 23.3 Å². The van der Waals surface area contributed by atoms with Gasteiger partial charge < -0.3 is 20.4 Å². The number of hydrogen-bond acceptors (Lipinski definition) is 8. The fourth-order valence-corrected chi connectivity index (χ4v) is 9.31. The SMILES string of the molecule is C.CCCCCCCCS(=O)(=O)C[C@@H](CCCN=C(N)N[N+](=O)[O-])C(=O)N[C@@H](CC(C)C)B1O[C@@H]2C[C@@H]3C[C@@H](C3(C)C)[C@]2(C)O1. The molecule has 4 N–H and O–H groups in total. The number of sulfone groups is 1. The third-order valence-electron chi connectivity index (χ3n) is 10.2. The van der Waals surface area contributed by atoms with Crippen molar-refractivity contribution in [2.24, 2.45) is 39.8 Å². The molecular weight excluding hydrogens is 597 g/mol. The van der Waals surface area contributed by atoms with Crippen LogP contribution in [0.3, 0.4) is 0 Å². The van der Waals surface area contributed by atoms with Crippen molar-refractivity contribution >= 4 is 28.8 Å². The second-order valence-corrected chi connectivity index (χ2v) is 16.7. The molecule has 4 aliphatic rings. The van der Waals surface area contributed by atoms with E-state index in [0.717, 1.165) is 44.9 Å². The van der Waals surface area contributed by atoms with Gasteiger partial charge in [-0.25, -0.2) is 23.5 Å². The van der Waals surface area contributed by atoms with E-state index in [0.29, 0.717) is 31.1 Å². The molecule has 0 spiro atoms. The Labute approximate surface area is 272 Å². The largest absolute Gasteiger partial charge is 0.481 e. The molecule has 0 radical (unpaired) electrons. The maximum absolute atomic E-state index is 13.8. The maximum atomic E-state index is 13.8. The second kappa shape index (κ2) is 16.8. The molecule has 260 valence electrons. The van der Waals surface area contributed by atoms with E-state index in [4.69, 9.17) is 15.0 Å². The summed E-state index contributed by atoms with van der Waals surface area (Å²) in [6.07, 6.45) is 9.04. The summed E-state index contributed by atoms with van der Waals surface area (Å²) in [6, 6.07) is 0. The first-order valence-electron chi connectivity index (χ1n) is 16.6. The Bertz CT molecular complexity index is 1120. The zero-order valence-electron chi connectivity index (χ0n) is 27.7. The molecule has 0 aromatic rings. The number of nitro groups is 1. The summed E-state index contributed by atoms with van der Waals surface area (Å²) in [4.78, 5) is 28.3. The van der Waals surface area contributed by atoms with E-state index >= 15 is 0 Å². The summed E-state index contributed by atoms with van der Waals surface area (Å²) in [7, 11) is -4.10. The highest BCUT2D eigenvalue weighted by Gasteiger charge is 2.68. The van der Waals surface area contributed by atoms with Crippen LogP contribution < -0.4 is 16.5 Å². The summed E-state index contributed by atoms with van der Waals surface area (Å²) in [5, 5.41) is 12.9. The summed E-state index contributed by atoms with van der Waals surface area (Å²) in [6.45, 7) is 13.2. The van der Waals surface area contributed by atoms with Crippen LogP contribution in [-0.2, 0) is 23.9 Å². The van der Waals surface area contributed by atoms with Crippen molar-refractivity contribution in [1.82, 2.24) is 10.7 Å². The molecule has 4 rings (SSSR count). The molecule has 14 heteroatoms. The third kappa shape index (κ3) is 10.5. The summed E-state index contributed by atoms with van der Waals surface area (Å²) < 4.78 is 39.5. The Hall–Kier alpha value is -1.93. The number of rotatable bonds is 19. The van der Waals surface area contributed by atoms with Gasteiger partial charge in [-0.3, -0.25) is 4.79 Å². The van der Waals surface area contributed by atoms with Crippen molar-refractivity contribution in [3.05, 3.63) is 10.1 Å². The first kappa shape index (κ1) is 39.3. The van der Waals surface area contributed by atoms with E-state index < -0.39 is 39.4 Å². The third-order valence-corrected chi connectivity index (χ3v) is 12.0. The lowest BCUT2D eigenvalue weighted by Gasteiger charge is -2.64. The number of carbonyl (C=O) groups is 1. The molecule has 45 heavy (non-hydrogen) atoms. The van der Waals surface area contributed by atoms with Crippen LogP contribution in [0.2, 0.25) is 0 Å². The Morgan fingerprint density at radius 1 is 1.13 bits per heavy atom. The average Bonchev–Trinajstić information content (AvgIpc) is 3.28. The van der Waals surface area contributed by atoms with Gasteiger partial charge in [0, 0.05) is 6.54 Å². The fraction of sp³-hybridized carbons (Fsp3) is 0.935. The average molecular weight is 658 g/mol. The topological polar surface area (TPSA) is 175 Å². The van der Waals surface area contributed by atoms with Crippen molar-refractivity contribution in [1.29, 1.82) is 0 Å². The zero-order valence-corrected chi connectivity index (χ0v) is 28.5. The molecule has 1 amide bonds. The zero-order chi connectivity index (χ0) is 32.7. The number of unbranched alkanes of at least 4 members (excludes halogenated alkanes) is 5. The molecule has 4 fully saturated rings. The predicted octanol–water partition coefficient (Wildman–Crippen LogP) is 4.69. The fourth-order valence-electron chi connectivity index (χ4n) is 7.57. The van der Waals surface area contributed by atoms with Crippen molar-refractivity contribution in [3.8, 4) is 0 Å². The predicted molar refractivity (Wildman–Crippen MR) is 180 cm³/mol. The number of carbonyl (C=O) groups excluding carboxylic acids is 1. The molecule has 3 saturated carbocycles. The van der Waals surface area contributed by atoms with Gasteiger partial charge in [-0.15, -0.1) is 0 Å². The molecule has 3 aliphatic carbocycles. The molecule has 0 aromatic carbocycles. The van der Waals surface area contributed by atoms with Crippen LogP contribution in [0.15, 0.2) is 4.99 Å². The molecule has 6 atom stereocenters. The molecule has 1 aliphatic heterocycles. The van der Waals surface area contributed by atoms with Gasteiger partial charge in [0.05, 0.1) is 35.1 Å². The van der Waals surface area contributed by atoms with Crippen LogP contribution in [0.4, 0.5) is 0 Å². The quantitative estimate of drug-likeness (QED) is 0.0444. The number of nitrogens with one attached hydrogen (secondary N) is 2. The number of nitrogens with zero attached hydrogens (tertiary/aromatic N) is 2. The highest BCUT2D eigenvalue weighted by molar-refractivity contribution is 7.91. The van der Waals surface area contributed by atoms with Crippen LogP contribution in [0, 0.1) is 39.2 Å². The van der Waals surface area contributed by atoms with Gasteiger partial charge >= 0.3 is 7.12 Å². The number of aliphatic imine (C=N–C) groups is 1. The van der Waals surface area contributed by atoms with Gasteiger partial charge in [0.1, 0.15) is 0 Å². The summed E-state index contributed by atoms with van der Waals surface area (Å²) in [5.41, 5.74) is 7.08. The number of hydrazine groups is 1. The Morgan fingerprint density at radius 2 is 1.80 bits per heavy atom. The number of amides is 1. The summed E-state index contributed by atoms with van der Waals surface area (Å²) in [5.74, 6) is -0.902. The van der Waals surface area contributed by atoms with E-state index in [2.05, 4.69) is 51.9 Å². The second-order valence-electron chi connectivity index (χ2n) is 14.4. The van der Waals surface area contributed by atoms with Gasteiger partial charge in [0.2, 0.25) is 5.91 Å². The molecule has 1 saturated heterocycles. The molecule has 12 nitrogen and oxygen atoms in total. The van der Waals surface area contributed by atoms with E-state index in [1.54, 1.807) is 5.43 Å². The Morgan fingerprint density at radius 3 is 2.42 bits per heavy atom. The molecular formula is C31H60BN5O7S. The highest BCUT2D eigenvalue weighted by Crippen LogP contribution is 2.65. The number of hydrogen-bond donors (Lipinski definition) is 3. The number of nitrogens with two attached hydrogens (primary N) is 1. The van der Waals surface area contributed by atoms with Gasteiger partial charge in [-0.2, -0.15) is 0 Å². The lowest BCUT2D eigenvalue weighted by molar-refractivity contribution is -0.525. The van der Waals surface area contributed by atoms with Crippen LogP contribution in [0.1, 0.15) is 120 Å². The van der Waals surface area contributed by atoms with Crippen LogP contribution in [0.25, 0.3) is 0 Å². The van der Waals surface area contributed by atoms with Crippen molar-refractivity contribution in [2.75, 3.05) is 18.1 Å². The molecule has 2 bridgehead atoms. The van der Waals surface area contributed by atoms with Crippen LogP contribution in [0.5, 0.6) is 0 Å². The molecule has 1 heterocycles. The Balaban J connectivity index is 0.00000705. The van der Waals surface area contributed by atoms with Crippen molar-refractivity contribution in [2.45, 2.75) is 137 Å². The van der Waals surface area contributed by atoms with Gasteiger partial charge in [-0.05, 0) is 68.6 Å². The van der Waals surface area contributed by atoms with Crippen molar-refractivity contribution in [3.63, 3.8) is 0 Å². The first-order chi connectivity index (χ1) is 20.6. The van der Waals surface area contributed by atoms with Crippen LogP contribution in [-0.4, -0.2) is 68.1 Å². The van der Waals surface area contributed by atoms with Gasteiger partial charge in [0.15, 0.2) is 14.9 Å². The first-order valence-corrected chi connectivity index (χ1v) is 18.5. The minimum atomic E-state index is -3.49. The number of guanidine groups is 1. The van der Waals surface area contributed by atoms with Crippen LogP contribution >= 0.6 is 0 Å². The highest BCUT2D eigenvalue weighted by atomic mass is 32.2. The molecule has 0 aromatic heterocycles. The molecule has 0 unspecified atom stereocenters. The maximum Gasteiger partial charge on any atom is 0.481 e. The van der Waals surface area contributed by atoms with Gasteiger partial charge in [0.25, 0.3) is 5.96 Å². The van der Waals surface area contributed by atoms with Crippen molar-refractivity contribution < 1.29 is 27.6 Å².